The van der Waals surface area contributed by atoms with E-state index in [1.807, 2.05) is 0 Å². The van der Waals surface area contributed by atoms with Crippen LogP contribution in [0, 0.1) is 5.92 Å². The molecule has 0 saturated heterocycles. The molecule has 1 aromatic heterocycles. The lowest BCUT2D eigenvalue weighted by Crippen LogP contribution is -2.33. The predicted molar refractivity (Wildman–Crippen MR) is 51.2 cm³/mol. The van der Waals surface area contributed by atoms with E-state index in [4.69, 9.17) is 5.73 Å². The van der Waals surface area contributed by atoms with Crippen molar-refractivity contribution in [2.45, 2.75) is 19.9 Å². The Balaban J connectivity index is 2.27. The molecule has 1 rings (SSSR count). The van der Waals surface area contributed by atoms with Crippen molar-refractivity contribution < 1.29 is 0 Å². The van der Waals surface area contributed by atoms with Crippen molar-refractivity contribution in [3.63, 3.8) is 0 Å². The zero-order valence-corrected chi connectivity index (χ0v) is 8.14. The normalized spacial score (nSPS) is 13.3. The molecular formula is C7H14N4S. The van der Waals surface area contributed by atoms with Crippen LogP contribution in [0.15, 0.2) is 5.51 Å². The lowest BCUT2D eigenvalue weighted by atomic mass is 10.1. The van der Waals surface area contributed by atoms with Gasteiger partial charge < -0.3 is 11.1 Å². The van der Waals surface area contributed by atoms with Crippen LogP contribution in [-0.4, -0.2) is 22.8 Å². The summed E-state index contributed by atoms with van der Waals surface area (Å²) in [4.78, 5) is 0. The monoisotopic (exact) mass is 186 g/mol. The molecule has 3 N–H and O–H groups in total. The molecule has 0 radical (unpaired) electrons. The van der Waals surface area contributed by atoms with Crippen LogP contribution in [-0.2, 0) is 0 Å². The van der Waals surface area contributed by atoms with Crippen molar-refractivity contribution in [1.29, 1.82) is 0 Å². The average molecular weight is 186 g/mol. The van der Waals surface area contributed by atoms with Gasteiger partial charge in [0.25, 0.3) is 0 Å². The number of nitrogens with zero attached hydrogens (tertiary/aromatic N) is 2. The largest absolute Gasteiger partial charge is 0.359 e. The first-order valence-electron chi connectivity index (χ1n) is 3.95. The molecule has 1 atom stereocenters. The lowest BCUT2D eigenvalue weighted by molar-refractivity contribution is 0.511. The lowest BCUT2D eigenvalue weighted by Gasteiger charge is -2.14. The summed E-state index contributed by atoms with van der Waals surface area (Å²) in [7, 11) is 0. The summed E-state index contributed by atoms with van der Waals surface area (Å²) in [6.07, 6.45) is 0. The van der Waals surface area contributed by atoms with E-state index in [2.05, 4.69) is 29.4 Å². The smallest absolute Gasteiger partial charge is 0.205 e. The van der Waals surface area contributed by atoms with Crippen LogP contribution in [0.5, 0.6) is 0 Å². The minimum absolute atomic E-state index is 0.175. The Bertz CT molecular complexity index is 209. The highest BCUT2D eigenvalue weighted by Gasteiger charge is 2.07. The number of hydrogen-bond acceptors (Lipinski definition) is 5. The third-order valence-corrected chi connectivity index (χ3v) is 2.35. The molecule has 5 heteroatoms. The van der Waals surface area contributed by atoms with Crippen LogP contribution in [0.1, 0.15) is 13.8 Å². The Labute approximate surface area is 76.2 Å². The van der Waals surface area contributed by atoms with Crippen molar-refractivity contribution in [1.82, 2.24) is 10.2 Å². The van der Waals surface area contributed by atoms with Gasteiger partial charge in [-0.15, -0.1) is 10.2 Å². The van der Waals surface area contributed by atoms with Crippen molar-refractivity contribution >= 4 is 16.5 Å². The fourth-order valence-electron chi connectivity index (χ4n) is 0.691. The molecule has 0 amide bonds. The molecule has 1 heterocycles. The van der Waals surface area contributed by atoms with Crippen molar-refractivity contribution in [2.24, 2.45) is 11.7 Å². The number of nitrogens with two attached hydrogens (primary N) is 1. The number of anilines is 1. The van der Waals surface area contributed by atoms with E-state index in [1.54, 1.807) is 5.51 Å². The molecule has 0 spiro atoms. The summed E-state index contributed by atoms with van der Waals surface area (Å²) < 4.78 is 0. The van der Waals surface area contributed by atoms with Gasteiger partial charge in [0, 0.05) is 12.6 Å². The van der Waals surface area contributed by atoms with E-state index in [1.165, 1.54) is 11.3 Å². The first-order valence-corrected chi connectivity index (χ1v) is 4.83. The molecule has 0 aliphatic carbocycles. The third kappa shape index (κ3) is 2.75. The Kier molecular flexibility index (Phi) is 3.43. The van der Waals surface area contributed by atoms with Gasteiger partial charge >= 0.3 is 0 Å². The second-order valence-electron chi connectivity index (χ2n) is 3.03. The fraction of sp³-hybridized carbons (Fsp3) is 0.714. The van der Waals surface area contributed by atoms with Crippen LogP contribution in [0.25, 0.3) is 0 Å². The zero-order chi connectivity index (χ0) is 8.97. The van der Waals surface area contributed by atoms with E-state index in [0.717, 1.165) is 11.7 Å². The summed E-state index contributed by atoms with van der Waals surface area (Å²) in [5, 5.41) is 11.5. The number of hydrogen-bond donors (Lipinski definition) is 2. The maximum atomic E-state index is 5.83. The molecule has 0 saturated carbocycles. The first-order chi connectivity index (χ1) is 5.70. The van der Waals surface area contributed by atoms with Gasteiger partial charge in [-0.3, -0.25) is 0 Å². The molecule has 0 aliphatic rings. The zero-order valence-electron chi connectivity index (χ0n) is 7.32. The van der Waals surface area contributed by atoms with Crippen molar-refractivity contribution in [3.8, 4) is 0 Å². The van der Waals surface area contributed by atoms with Gasteiger partial charge in [0.2, 0.25) is 5.13 Å². The van der Waals surface area contributed by atoms with E-state index >= 15 is 0 Å². The molecule has 0 aromatic carbocycles. The predicted octanol–water partition coefficient (Wildman–Crippen LogP) is 0.933. The number of nitrogens with one attached hydrogen (secondary N) is 1. The minimum Gasteiger partial charge on any atom is -0.359 e. The van der Waals surface area contributed by atoms with Crippen LogP contribution >= 0.6 is 11.3 Å². The first kappa shape index (κ1) is 9.41. The highest BCUT2D eigenvalue weighted by Crippen LogP contribution is 2.08. The standard InChI is InChI=1S/C7H14N4S/c1-5(2)6(8)3-9-7-11-10-4-12-7/h4-6H,3,8H2,1-2H3,(H,9,11). The maximum absolute atomic E-state index is 5.83. The van der Waals surface area contributed by atoms with Crippen LogP contribution in [0.2, 0.25) is 0 Å². The van der Waals surface area contributed by atoms with Crippen LogP contribution in [0.4, 0.5) is 5.13 Å². The molecule has 12 heavy (non-hydrogen) atoms. The molecule has 0 bridgehead atoms. The van der Waals surface area contributed by atoms with Crippen LogP contribution in [0.3, 0.4) is 0 Å². The van der Waals surface area contributed by atoms with Crippen LogP contribution < -0.4 is 11.1 Å². The molecule has 68 valence electrons. The van der Waals surface area contributed by atoms with E-state index in [0.29, 0.717) is 5.92 Å². The molecule has 1 aromatic rings. The van der Waals surface area contributed by atoms with Crippen molar-refractivity contribution in [2.75, 3.05) is 11.9 Å². The Morgan fingerprint density at radius 3 is 2.92 bits per heavy atom. The number of rotatable bonds is 4. The molecule has 0 fully saturated rings. The summed E-state index contributed by atoms with van der Waals surface area (Å²) >= 11 is 1.49. The molecule has 4 nitrogen and oxygen atoms in total. The molecule has 0 aliphatic heterocycles. The maximum Gasteiger partial charge on any atom is 0.205 e. The van der Waals surface area contributed by atoms with E-state index in [-0.39, 0.29) is 6.04 Å². The average Bonchev–Trinajstić information content (AvgIpc) is 2.51. The SMILES string of the molecule is CC(C)C(N)CNc1nncs1. The Hall–Kier alpha value is -0.680. The molecule has 1 unspecified atom stereocenters. The quantitative estimate of drug-likeness (QED) is 0.734. The van der Waals surface area contributed by atoms with Gasteiger partial charge in [-0.1, -0.05) is 25.2 Å². The van der Waals surface area contributed by atoms with Gasteiger partial charge in [0.1, 0.15) is 5.51 Å². The van der Waals surface area contributed by atoms with Gasteiger partial charge in [-0.25, -0.2) is 0 Å². The number of aromatic nitrogens is 2. The highest BCUT2D eigenvalue weighted by molar-refractivity contribution is 7.13. The summed E-state index contributed by atoms with van der Waals surface area (Å²) in [6.45, 7) is 4.96. The second kappa shape index (κ2) is 4.37. The fourth-order valence-corrected chi connectivity index (χ4v) is 1.15. The van der Waals surface area contributed by atoms with Gasteiger partial charge in [-0.2, -0.15) is 0 Å². The highest BCUT2D eigenvalue weighted by atomic mass is 32.1. The topological polar surface area (TPSA) is 63.8 Å². The van der Waals surface area contributed by atoms with Gasteiger partial charge in [-0.05, 0) is 5.92 Å². The minimum atomic E-state index is 0.175. The van der Waals surface area contributed by atoms with E-state index in [9.17, 15) is 0 Å². The van der Waals surface area contributed by atoms with Crippen molar-refractivity contribution in [3.05, 3.63) is 5.51 Å². The Morgan fingerprint density at radius 2 is 2.42 bits per heavy atom. The van der Waals surface area contributed by atoms with Gasteiger partial charge in [0.05, 0.1) is 0 Å². The summed E-state index contributed by atoms with van der Waals surface area (Å²) in [5.74, 6) is 0.491. The molecular weight excluding hydrogens is 172 g/mol. The summed E-state index contributed by atoms with van der Waals surface area (Å²) in [6, 6.07) is 0.175. The van der Waals surface area contributed by atoms with E-state index < -0.39 is 0 Å². The summed E-state index contributed by atoms with van der Waals surface area (Å²) in [5.41, 5.74) is 7.52. The second-order valence-corrected chi connectivity index (χ2v) is 3.87. The Morgan fingerprint density at radius 1 is 1.67 bits per heavy atom. The third-order valence-electron chi connectivity index (χ3n) is 1.71. The van der Waals surface area contributed by atoms with Gasteiger partial charge in [0.15, 0.2) is 0 Å².